The molecule has 0 radical (unpaired) electrons. The summed E-state index contributed by atoms with van der Waals surface area (Å²) in [5, 5.41) is 9.71. The first-order chi connectivity index (χ1) is 26.4. The maximum Gasteiger partial charge on any atom is 0.414 e. The van der Waals surface area contributed by atoms with Crippen molar-refractivity contribution in [1.29, 1.82) is 5.26 Å². The lowest BCUT2D eigenvalue weighted by Gasteiger charge is -2.18. The number of carbonyl (C=O) groups is 1. The Hall–Kier alpha value is -7.19. The van der Waals surface area contributed by atoms with Crippen LogP contribution in [0.2, 0.25) is 0 Å². The first-order valence-electron chi connectivity index (χ1n) is 17.3. The summed E-state index contributed by atoms with van der Waals surface area (Å²) in [6, 6.07) is 42.8. The Morgan fingerprint density at radius 2 is 1.46 bits per heavy atom. The van der Waals surface area contributed by atoms with Crippen molar-refractivity contribution < 1.29 is 23.7 Å². The van der Waals surface area contributed by atoms with Gasteiger partial charge in [-0.2, -0.15) is 15.2 Å². The van der Waals surface area contributed by atoms with Crippen LogP contribution in [-0.4, -0.2) is 54.0 Å². The van der Waals surface area contributed by atoms with E-state index in [1.807, 2.05) is 98.0 Å². The fraction of sp³-hybridized carbons (Fsp3) is 0.140. The van der Waals surface area contributed by atoms with Gasteiger partial charge in [0.05, 0.1) is 24.2 Å². The first kappa shape index (κ1) is 35.2. The third-order valence-electron chi connectivity index (χ3n) is 8.55. The zero-order chi connectivity index (χ0) is 37.3. The van der Waals surface area contributed by atoms with Gasteiger partial charge in [0, 0.05) is 43.5 Å². The number of ether oxygens (including phenoxy) is 4. The highest BCUT2D eigenvalue weighted by molar-refractivity contribution is 5.99. The molecule has 54 heavy (non-hydrogen) atoms. The number of nitrogens with zero attached hydrogens (tertiary/aromatic N) is 6. The number of amides is 1. The molecular weight excluding hydrogens is 681 g/mol. The molecule has 0 fully saturated rings. The average Bonchev–Trinajstić information content (AvgIpc) is 3.65. The van der Waals surface area contributed by atoms with Crippen LogP contribution >= 0.6 is 0 Å². The predicted octanol–water partition coefficient (Wildman–Crippen LogP) is 8.64. The number of likely N-dealkylation sites (N-methyl/N-ethyl adjacent to an activating group) is 1. The van der Waals surface area contributed by atoms with Gasteiger partial charge in [-0.15, -0.1) is 0 Å². The molecule has 2 heterocycles. The number of benzene rings is 5. The minimum atomic E-state index is -0.518. The molecule has 11 heteroatoms. The number of hydrogen-bond acceptors (Lipinski definition) is 10. The number of amidine groups is 1. The van der Waals surface area contributed by atoms with Crippen LogP contribution in [0.5, 0.6) is 29.0 Å². The van der Waals surface area contributed by atoms with Gasteiger partial charge in [0.1, 0.15) is 24.8 Å². The van der Waals surface area contributed by atoms with E-state index in [-0.39, 0.29) is 30.8 Å². The Morgan fingerprint density at radius 3 is 2.19 bits per heavy atom. The van der Waals surface area contributed by atoms with Crippen molar-refractivity contribution in [3.05, 3.63) is 156 Å². The minimum absolute atomic E-state index is 0.141. The van der Waals surface area contributed by atoms with E-state index in [1.54, 1.807) is 49.5 Å². The lowest BCUT2D eigenvalue weighted by atomic mass is 10.1. The van der Waals surface area contributed by atoms with Gasteiger partial charge in [-0.3, -0.25) is 9.89 Å². The molecule has 0 atom stereocenters. The van der Waals surface area contributed by atoms with E-state index in [4.69, 9.17) is 28.9 Å². The van der Waals surface area contributed by atoms with Crippen LogP contribution in [0, 0.1) is 11.3 Å². The van der Waals surface area contributed by atoms with Crippen molar-refractivity contribution >= 4 is 17.6 Å². The van der Waals surface area contributed by atoms with Crippen LogP contribution < -0.4 is 19.1 Å². The van der Waals surface area contributed by atoms with Gasteiger partial charge in [-0.1, -0.05) is 84.9 Å². The van der Waals surface area contributed by atoms with Gasteiger partial charge in [0.25, 0.3) is 0 Å². The number of rotatable bonds is 12. The Kier molecular flexibility index (Phi) is 10.7. The zero-order valence-corrected chi connectivity index (χ0v) is 29.8. The lowest BCUT2D eigenvalue weighted by molar-refractivity contribution is 0.148. The molecule has 6 aromatic rings. The molecule has 7 rings (SSSR count). The Labute approximate surface area is 313 Å². The van der Waals surface area contributed by atoms with Crippen molar-refractivity contribution in [2.45, 2.75) is 13.2 Å². The van der Waals surface area contributed by atoms with E-state index >= 15 is 0 Å². The normalized spacial score (nSPS) is 12.0. The average molecular weight is 717 g/mol. The summed E-state index contributed by atoms with van der Waals surface area (Å²) in [5.41, 5.74) is 4.31. The van der Waals surface area contributed by atoms with Crippen LogP contribution in [-0.2, 0) is 18.0 Å². The molecule has 0 aliphatic carbocycles. The molecule has 1 aliphatic heterocycles. The Balaban J connectivity index is 1.21. The number of aromatic nitrogens is 2. The second-order valence-electron chi connectivity index (χ2n) is 12.4. The Bertz CT molecular complexity index is 2330. The van der Waals surface area contributed by atoms with E-state index in [2.05, 4.69) is 16.0 Å². The molecule has 0 saturated heterocycles. The number of carbonyl (C=O) groups excluding carboxylic acids is 1. The SMILES string of the molecule is CN1CCN=C1c1cccc(Oc2cc(Oc3cc(C#N)ccc3OCc3ccccc3)nc(-c3cccc(N(C)C(=O)OCc4ccccc4)c3)n2)c1. The summed E-state index contributed by atoms with van der Waals surface area (Å²) in [5.74, 6) is 2.77. The summed E-state index contributed by atoms with van der Waals surface area (Å²) >= 11 is 0. The predicted molar refractivity (Wildman–Crippen MR) is 205 cm³/mol. The Morgan fingerprint density at radius 1 is 0.759 bits per heavy atom. The smallest absolute Gasteiger partial charge is 0.414 e. The van der Waals surface area contributed by atoms with E-state index < -0.39 is 6.09 Å². The summed E-state index contributed by atoms with van der Waals surface area (Å²) in [6.45, 7) is 2.01. The van der Waals surface area contributed by atoms with Crippen molar-refractivity contribution in [2.24, 2.45) is 4.99 Å². The van der Waals surface area contributed by atoms with Crippen molar-refractivity contribution in [3.8, 4) is 46.5 Å². The minimum Gasteiger partial charge on any atom is -0.485 e. The molecule has 0 spiro atoms. The standard InChI is InChI=1S/C43H36N6O5/c1-48-22-21-45-42(48)34-16-10-18-36(25-34)53-39-26-40(54-38-23-32(27-44)19-20-37(38)51-28-30-11-5-3-6-12-30)47-41(46-39)33-15-9-17-35(24-33)49(2)43(50)52-29-31-13-7-4-8-14-31/h3-20,23-26H,21-22,28-29H2,1-2H3. The summed E-state index contributed by atoms with van der Waals surface area (Å²) in [4.78, 5) is 30.7. The number of anilines is 1. The van der Waals surface area contributed by atoms with Crippen LogP contribution in [0.3, 0.4) is 0 Å². The first-order valence-corrected chi connectivity index (χ1v) is 17.3. The van der Waals surface area contributed by atoms with E-state index in [1.165, 1.54) is 4.90 Å². The maximum absolute atomic E-state index is 13.0. The van der Waals surface area contributed by atoms with Crippen molar-refractivity contribution in [3.63, 3.8) is 0 Å². The van der Waals surface area contributed by atoms with Gasteiger partial charge in [-0.25, -0.2) is 4.79 Å². The van der Waals surface area contributed by atoms with Crippen molar-refractivity contribution in [1.82, 2.24) is 14.9 Å². The molecule has 0 unspecified atom stereocenters. The highest BCUT2D eigenvalue weighted by Crippen LogP contribution is 2.36. The third-order valence-corrected chi connectivity index (χ3v) is 8.55. The number of hydrogen-bond donors (Lipinski definition) is 0. The van der Waals surface area contributed by atoms with Crippen LogP contribution in [0.25, 0.3) is 11.4 Å². The fourth-order valence-electron chi connectivity index (χ4n) is 5.70. The molecule has 0 N–H and O–H groups in total. The molecule has 1 aliphatic rings. The molecule has 1 aromatic heterocycles. The maximum atomic E-state index is 13.0. The largest absolute Gasteiger partial charge is 0.485 e. The zero-order valence-electron chi connectivity index (χ0n) is 29.8. The molecule has 5 aromatic carbocycles. The topological polar surface area (TPSA) is 122 Å². The number of nitriles is 1. The van der Waals surface area contributed by atoms with Gasteiger partial charge in [-0.05, 0) is 47.5 Å². The molecule has 0 bridgehead atoms. The van der Waals surface area contributed by atoms with Crippen molar-refractivity contribution in [2.75, 3.05) is 32.1 Å². The lowest BCUT2D eigenvalue weighted by Crippen LogP contribution is -2.26. The molecule has 268 valence electrons. The summed E-state index contributed by atoms with van der Waals surface area (Å²) < 4.78 is 24.4. The van der Waals surface area contributed by atoms with Crippen LogP contribution in [0.1, 0.15) is 22.3 Å². The summed E-state index contributed by atoms with van der Waals surface area (Å²) in [7, 11) is 3.65. The fourth-order valence-corrected chi connectivity index (χ4v) is 5.70. The van der Waals surface area contributed by atoms with Gasteiger partial charge < -0.3 is 23.8 Å². The van der Waals surface area contributed by atoms with Gasteiger partial charge in [0.2, 0.25) is 11.8 Å². The van der Waals surface area contributed by atoms with Crippen LogP contribution in [0.15, 0.2) is 138 Å². The quantitative estimate of drug-likeness (QED) is 0.122. The molecular formula is C43H36N6O5. The molecule has 1 amide bonds. The van der Waals surface area contributed by atoms with E-state index in [0.29, 0.717) is 34.1 Å². The van der Waals surface area contributed by atoms with E-state index in [9.17, 15) is 10.1 Å². The summed E-state index contributed by atoms with van der Waals surface area (Å²) in [6.07, 6.45) is -0.518. The second kappa shape index (κ2) is 16.4. The molecule has 0 saturated carbocycles. The van der Waals surface area contributed by atoms with E-state index in [0.717, 1.165) is 35.6 Å². The van der Waals surface area contributed by atoms with Gasteiger partial charge in [0.15, 0.2) is 17.3 Å². The number of aliphatic imine (C=N–C) groups is 1. The monoisotopic (exact) mass is 716 g/mol. The van der Waals surface area contributed by atoms with Gasteiger partial charge >= 0.3 is 6.09 Å². The second-order valence-corrected chi connectivity index (χ2v) is 12.4. The highest BCUT2D eigenvalue weighted by atomic mass is 16.6. The molecule has 11 nitrogen and oxygen atoms in total. The third kappa shape index (κ3) is 8.63. The highest BCUT2D eigenvalue weighted by Gasteiger charge is 2.19. The van der Waals surface area contributed by atoms with Crippen LogP contribution in [0.4, 0.5) is 10.5 Å².